The molecule has 0 saturated carbocycles. The zero-order chi connectivity index (χ0) is 16.1. The van der Waals surface area contributed by atoms with E-state index in [1.165, 1.54) is 17.4 Å². The number of nitrogens with one attached hydrogen (secondary N) is 1. The van der Waals surface area contributed by atoms with Gasteiger partial charge in [0.25, 0.3) is 0 Å². The molecule has 0 aliphatic carbocycles. The van der Waals surface area contributed by atoms with Crippen LogP contribution in [0, 0.1) is 5.82 Å². The number of halogens is 1. The quantitative estimate of drug-likeness (QED) is 0.904. The van der Waals surface area contributed by atoms with Gasteiger partial charge in [-0.1, -0.05) is 18.6 Å². The van der Waals surface area contributed by atoms with Crippen LogP contribution >= 0.6 is 11.3 Å². The number of rotatable bonds is 5. The topological polar surface area (TPSA) is 45.2 Å². The number of nitrogens with zero attached hydrogens (tertiary/aromatic N) is 2. The SMILES string of the molecule is O=C(CCN1CCCC[C@@H]1c1cccc(F)c1)Nc1nccs1. The summed E-state index contributed by atoms with van der Waals surface area (Å²) in [5, 5.41) is 5.28. The fourth-order valence-corrected chi connectivity index (χ4v) is 3.61. The van der Waals surface area contributed by atoms with E-state index in [0.29, 0.717) is 18.1 Å². The highest BCUT2D eigenvalue weighted by Gasteiger charge is 2.24. The highest BCUT2D eigenvalue weighted by Crippen LogP contribution is 2.31. The highest BCUT2D eigenvalue weighted by molar-refractivity contribution is 7.13. The van der Waals surface area contributed by atoms with E-state index in [1.807, 2.05) is 11.4 Å². The Hall–Kier alpha value is -1.79. The monoisotopic (exact) mass is 333 g/mol. The maximum absolute atomic E-state index is 13.5. The number of carbonyl (C=O) groups is 1. The van der Waals surface area contributed by atoms with Crippen LogP contribution in [0.2, 0.25) is 0 Å². The molecule has 0 bridgehead atoms. The van der Waals surface area contributed by atoms with Crippen molar-refractivity contribution >= 4 is 22.4 Å². The summed E-state index contributed by atoms with van der Waals surface area (Å²) in [4.78, 5) is 18.4. The van der Waals surface area contributed by atoms with E-state index < -0.39 is 0 Å². The van der Waals surface area contributed by atoms with Crippen molar-refractivity contribution in [2.45, 2.75) is 31.7 Å². The zero-order valence-electron chi connectivity index (χ0n) is 12.9. The summed E-state index contributed by atoms with van der Waals surface area (Å²) in [5.41, 5.74) is 1.00. The van der Waals surface area contributed by atoms with E-state index in [0.717, 1.165) is 31.4 Å². The summed E-state index contributed by atoms with van der Waals surface area (Å²) < 4.78 is 13.5. The van der Waals surface area contributed by atoms with Crippen molar-refractivity contribution in [1.82, 2.24) is 9.88 Å². The molecule has 1 N–H and O–H groups in total. The van der Waals surface area contributed by atoms with Gasteiger partial charge in [-0.15, -0.1) is 11.3 Å². The van der Waals surface area contributed by atoms with E-state index in [9.17, 15) is 9.18 Å². The van der Waals surface area contributed by atoms with Gasteiger partial charge in [0.05, 0.1) is 0 Å². The molecule has 1 aromatic carbocycles. The molecule has 4 nitrogen and oxygen atoms in total. The molecule has 1 aliphatic rings. The van der Waals surface area contributed by atoms with Crippen molar-refractivity contribution in [3.05, 3.63) is 47.2 Å². The number of thiazole rings is 1. The van der Waals surface area contributed by atoms with Gasteiger partial charge in [-0.05, 0) is 37.1 Å². The molecule has 2 aromatic rings. The van der Waals surface area contributed by atoms with E-state index in [4.69, 9.17) is 0 Å². The lowest BCUT2D eigenvalue weighted by Crippen LogP contribution is -2.35. The number of aromatic nitrogens is 1. The Labute approximate surface area is 139 Å². The Balaban J connectivity index is 1.59. The molecular formula is C17H20FN3OS. The van der Waals surface area contributed by atoms with Crippen LogP contribution in [-0.4, -0.2) is 28.9 Å². The van der Waals surface area contributed by atoms with Crippen LogP contribution in [0.3, 0.4) is 0 Å². The second-order valence-electron chi connectivity index (χ2n) is 5.74. The first-order chi connectivity index (χ1) is 11.2. The molecule has 23 heavy (non-hydrogen) atoms. The van der Waals surface area contributed by atoms with Crippen molar-refractivity contribution in [1.29, 1.82) is 0 Å². The van der Waals surface area contributed by atoms with Gasteiger partial charge in [0.2, 0.25) is 5.91 Å². The lowest BCUT2D eigenvalue weighted by atomic mass is 9.95. The summed E-state index contributed by atoms with van der Waals surface area (Å²) in [6, 6.07) is 7.01. The average Bonchev–Trinajstić information content (AvgIpc) is 3.06. The van der Waals surface area contributed by atoms with Crippen LogP contribution in [0.1, 0.15) is 37.3 Å². The van der Waals surface area contributed by atoms with Crippen molar-refractivity contribution in [3.63, 3.8) is 0 Å². The minimum absolute atomic E-state index is 0.0245. The smallest absolute Gasteiger partial charge is 0.227 e. The normalized spacial score (nSPS) is 18.7. The number of hydrogen-bond acceptors (Lipinski definition) is 4. The first-order valence-corrected chi connectivity index (χ1v) is 8.79. The summed E-state index contributed by atoms with van der Waals surface area (Å²) in [5.74, 6) is -0.224. The second-order valence-corrected chi connectivity index (χ2v) is 6.63. The molecule has 2 heterocycles. The van der Waals surface area contributed by atoms with Gasteiger partial charge >= 0.3 is 0 Å². The predicted octanol–water partition coefficient (Wildman–Crippen LogP) is 3.84. The fourth-order valence-electron chi connectivity index (χ4n) is 3.06. The van der Waals surface area contributed by atoms with Gasteiger partial charge in [0.15, 0.2) is 5.13 Å². The fraction of sp³-hybridized carbons (Fsp3) is 0.412. The van der Waals surface area contributed by atoms with Crippen LogP contribution in [0.15, 0.2) is 35.8 Å². The van der Waals surface area contributed by atoms with Crippen LogP contribution in [0.25, 0.3) is 0 Å². The van der Waals surface area contributed by atoms with Crippen molar-refractivity contribution in [2.24, 2.45) is 0 Å². The van der Waals surface area contributed by atoms with E-state index in [1.54, 1.807) is 18.3 Å². The lowest BCUT2D eigenvalue weighted by Gasteiger charge is -2.36. The third kappa shape index (κ3) is 4.36. The number of hydrogen-bond donors (Lipinski definition) is 1. The minimum atomic E-state index is -0.200. The van der Waals surface area contributed by atoms with Gasteiger partial charge in [-0.3, -0.25) is 9.69 Å². The number of benzene rings is 1. The third-order valence-corrected chi connectivity index (χ3v) is 4.84. The Morgan fingerprint density at radius 1 is 1.43 bits per heavy atom. The Kier molecular flexibility index (Phi) is 5.35. The molecule has 0 spiro atoms. The summed E-state index contributed by atoms with van der Waals surface area (Å²) in [7, 11) is 0. The predicted molar refractivity (Wildman–Crippen MR) is 89.9 cm³/mol. The number of piperidine rings is 1. The van der Waals surface area contributed by atoms with Crippen LogP contribution in [0.5, 0.6) is 0 Å². The number of amides is 1. The Morgan fingerprint density at radius 3 is 3.13 bits per heavy atom. The molecule has 1 aliphatic heterocycles. The molecule has 6 heteroatoms. The van der Waals surface area contributed by atoms with Crippen molar-refractivity contribution in [2.75, 3.05) is 18.4 Å². The summed E-state index contributed by atoms with van der Waals surface area (Å²) in [6.07, 6.45) is 5.37. The van der Waals surface area contributed by atoms with Gasteiger partial charge in [0.1, 0.15) is 5.82 Å². The van der Waals surface area contributed by atoms with Gasteiger partial charge in [0, 0.05) is 30.6 Å². The molecule has 1 aromatic heterocycles. The molecule has 0 unspecified atom stereocenters. The molecule has 1 atom stereocenters. The lowest BCUT2D eigenvalue weighted by molar-refractivity contribution is -0.116. The maximum Gasteiger partial charge on any atom is 0.227 e. The van der Waals surface area contributed by atoms with E-state index in [-0.39, 0.29) is 17.8 Å². The zero-order valence-corrected chi connectivity index (χ0v) is 13.7. The minimum Gasteiger partial charge on any atom is -0.302 e. The van der Waals surface area contributed by atoms with Crippen molar-refractivity contribution < 1.29 is 9.18 Å². The summed E-state index contributed by atoms with van der Waals surface area (Å²) >= 11 is 1.41. The molecule has 1 amide bonds. The third-order valence-electron chi connectivity index (χ3n) is 4.15. The molecule has 1 saturated heterocycles. The van der Waals surface area contributed by atoms with Gasteiger partial charge < -0.3 is 5.32 Å². The molecule has 1 fully saturated rings. The van der Waals surface area contributed by atoms with E-state index >= 15 is 0 Å². The number of carbonyl (C=O) groups excluding carboxylic acids is 1. The Bertz CT molecular complexity index is 647. The molecule has 3 rings (SSSR count). The van der Waals surface area contributed by atoms with Crippen LogP contribution < -0.4 is 5.32 Å². The number of anilines is 1. The largest absolute Gasteiger partial charge is 0.302 e. The van der Waals surface area contributed by atoms with Crippen LogP contribution in [-0.2, 0) is 4.79 Å². The number of likely N-dealkylation sites (tertiary alicyclic amines) is 1. The standard InChI is InChI=1S/C17H20FN3OS/c18-14-5-3-4-13(12-14)15-6-1-2-9-21(15)10-7-16(22)20-17-19-8-11-23-17/h3-5,8,11-12,15H,1-2,6-7,9-10H2,(H,19,20,22)/t15-/m1/s1. The second kappa shape index (κ2) is 7.66. The van der Waals surface area contributed by atoms with Gasteiger partial charge in [-0.25, -0.2) is 9.37 Å². The first kappa shape index (κ1) is 16.1. The Morgan fingerprint density at radius 2 is 2.35 bits per heavy atom. The maximum atomic E-state index is 13.5. The molecular weight excluding hydrogens is 313 g/mol. The molecule has 122 valence electrons. The summed E-state index contributed by atoms with van der Waals surface area (Å²) in [6.45, 7) is 1.63. The van der Waals surface area contributed by atoms with Crippen molar-refractivity contribution in [3.8, 4) is 0 Å². The first-order valence-electron chi connectivity index (χ1n) is 7.91. The van der Waals surface area contributed by atoms with Gasteiger partial charge in [-0.2, -0.15) is 0 Å². The highest BCUT2D eigenvalue weighted by atomic mass is 32.1. The van der Waals surface area contributed by atoms with Crippen LogP contribution in [0.4, 0.5) is 9.52 Å². The van der Waals surface area contributed by atoms with E-state index in [2.05, 4.69) is 15.2 Å². The molecule has 0 radical (unpaired) electrons. The average molecular weight is 333 g/mol.